The maximum atomic E-state index is 13.2. The summed E-state index contributed by atoms with van der Waals surface area (Å²) in [7, 11) is 0. The number of ether oxygens (including phenoxy) is 1. The topological polar surface area (TPSA) is 94.1 Å². The number of nitrogens with one attached hydrogen (secondary N) is 2. The Morgan fingerprint density at radius 2 is 1.97 bits per heavy atom. The molecule has 1 amide bonds. The number of carbonyl (C=O) groups is 1. The Labute approximate surface area is 210 Å². The number of benzene rings is 2. The number of carbonyl (C=O) groups excluding carboxylic acids is 1. The van der Waals surface area contributed by atoms with E-state index in [0.717, 1.165) is 49.5 Å². The van der Waals surface area contributed by atoms with Crippen LogP contribution >= 0.6 is 0 Å². The van der Waals surface area contributed by atoms with Crippen LogP contribution in [0.3, 0.4) is 0 Å². The van der Waals surface area contributed by atoms with E-state index >= 15 is 0 Å². The van der Waals surface area contributed by atoms with Crippen LogP contribution < -0.4 is 15.4 Å². The van der Waals surface area contributed by atoms with Crippen molar-refractivity contribution in [3.63, 3.8) is 0 Å². The second-order valence-corrected chi connectivity index (χ2v) is 12.1. The molecule has 9 rings (SSSR count). The molecule has 7 heteroatoms. The summed E-state index contributed by atoms with van der Waals surface area (Å²) in [5.41, 5.74) is 1.25. The normalized spacial score (nSPS) is 39.4. The number of aromatic hydroxyl groups is 1. The molecule has 7 aliphatic rings. The largest absolute Gasteiger partial charge is 0.504 e. The lowest BCUT2D eigenvalue weighted by Crippen LogP contribution is -2.91. The Bertz CT molecular complexity index is 1260. The third-order valence-corrected chi connectivity index (χ3v) is 10.4. The zero-order valence-corrected chi connectivity index (χ0v) is 20.4. The quantitative estimate of drug-likeness (QED) is 0.518. The van der Waals surface area contributed by atoms with E-state index in [1.807, 2.05) is 30.3 Å². The van der Waals surface area contributed by atoms with Gasteiger partial charge in [0.2, 0.25) is 5.91 Å². The zero-order valence-electron chi connectivity index (χ0n) is 20.4. The Hall–Kier alpha value is -2.61. The number of anilines is 1. The van der Waals surface area contributed by atoms with Crippen LogP contribution in [0.5, 0.6) is 11.5 Å². The van der Waals surface area contributed by atoms with Gasteiger partial charge in [0.15, 0.2) is 11.5 Å². The molecule has 4 bridgehead atoms. The van der Waals surface area contributed by atoms with Gasteiger partial charge in [0.1, 0.15) is 11.7 Å². The predicted molar refractivity (Wildman–Crippen MR) is 134 cm³/mol. The van der Waals surface area contributed by atoms with Crippen LogP contribution in [0.4, 0.5) is 5.69 Å². The molecule has 4 N–H and O–H groups in total. The molecule has 2 spiro atoms. The number of amides is 1. The van der Waals surface area contributed by atoms with Gasteiger partial charge in [-0.2, -0.15) is 0 Å². The van der Waals surface area contributed by atoms with Crippen molar-refractivity contribution in [1.29, 1.82) is 0 Å². The fourth-order valence-corrected chi connectivity index (χ4v) is 8.81. The van der Waals surface area contributed by atoms with Crippen LogP contribution in [0.15, 0.2) is 42.5 Å². The molecular formula is C29H33N3O4. The lowest BCUT2D eigenvalue weighted by molar-refractivity contribution is -0.233. The van der Waals surface area contributed by atoms with Gasteiger partial charge in [-0.15, -0.1) is 0 Å². The molecule has 3 aliphatic carbocycles. The van der Waals surface area contributed by atoms with Crippen molar-refractivity contribution < 1.29 is 19.7 Å². The van der Waals surface area contributed by atoms with Gasteiger partial charge < -0.3 is 25.6 Å². The number of para-hydroxylation sites is 1. The van der Waals surface area contributed by atoms with E-state index in [1.165, 1.54) is 18.4 Å². The van der Waals surface area contributed by atoms with Crippen molar-refractivity contribution >= 4 is 11.6 Å². The maximum Gasteiger partial charge on any atom is 0.226 e. The fourth-order valence-electron chi connectivity index (χ4n) is 8.81. The minimum atomic E-state index is -1.20. The number of fused-ring (bicyclic) bond motifs is 2. The van der Waals surface area contributed by atoms with Crippen molar-refractivity contribution in [2.45, 2.75) is 79.7 Å². The Morgan fingerprint density at radius 1 is 1.14 bits per heavy atom. The molecule has 0 aromatic heterocycles. The van der Waals surface area contributed by atoms with Crippen LogP contribution in [0.1, 0.15) is 49.7 Å². The van der Waals surface area contributed by atoms with E-state index in [1.54, 1.807) is 6.07 Å². The standard InChI is InChI=1S/C29H33N3O4/c33-20-9-8-18-14-22-29-11-10-28(35,21(31-29)15-23(34)30-19-4-2-1-3-5-19)26-27(29,24(18)25(20)36-26)12-13-32(22)16-17-6-7-17/h1-5,8-9,17,21-22,26,31,33,35H,6-7,10-16H2,(H,30,34)/t21-,22+,26+,27+,28+,29+/m0/s1. The zero-order chi connectivity index (χ0) is 24.3. The summed E-state index contributed by atoms with van der Waals surface area (Å²) in [6.45, 7) is 2.10. The van der Waals surface area contributed by atoms with Crippen LogP contribution in [0.25, 0.3) is 0 Å². The number of rotatable bonds is 5. The lowest BCUT2D eigenvalue weighted by atomic mass is 9.41. The fraction of sp³-hybridized carbons (Fsp3) is 0.552. The lowest BCUT2D eigenvalue weighted by Gasteiger charge is -2.73. The number of nitrogens with zero attached hydrogens (tertiary/aromatic N) is 1. The average molecular weight is 488 g/mol. The van der Waals surface area contributed by atoms with Gasteiger partial charge in [-0.25, -0.2) is 0 Å². The number of likely N-dealkylation sites (tertiary alicyclic amines) is 1. The highest BCUT2D eigenvalue weighted by Gasteiger charge is 2.80. The molecule has 0 radical (unpaired) electrons. The number of hydrogen-bond acceptors (Lipinski definition) is 6. The SMILES string of the molecule is O=C(C[C@@H]1N[C@@]23CC[C@]1(O)[C@@H]1Oc4c(O)ccc5c4[C@]12CCN(CC1CC1)[C@@H]3C5)Nc1ccccc1. The highest BCUT2D eigenvalue weighted by Crippen LogP contribution is 2.69. The monoisotopic (exact) mass is 487 g/mol. The molecule has 6 atom stereocenters. The van der Waals surface area contributed by atoms with Crippen molar-refractivity contribution in [1.82, 2.24) is 10.2 Å². The summed E-state index contributed by atoms with van der Waals surface area (Å²) < 4.78 is 6.61. The molecule has 2 aromatic rings. The first kappa shape index (κ1) is 21.5. The van der Waals surface area contributed by atoms with Crippen molar-refractivity contribution in [3.05, 3.63) is 53.6 Å². The summed E-state index contributed by atoms with van der Waals surface area (Å²) in [6.07, 6.45) is 5.57. The van der Waals surface area contributed by atoms with Crippen LogP contribution in [0, 0.1) is 5.92 Å². The van der Waals surface area contributed by atoms with Gasteiger partial charge in [0.05, 0.1) is 5.41 Å². The summed E-state index contributed by atoms with van der Waals surface area (Å²) in [5.74, 6) is 1.40. The third kappa shape index (κ3) is 2.56. The van der Waals surface area contributed by atoms with E-state index in [0.29, 0.717) is 12.2 Å². The van der Waals surface area contributed by atoms with Crippen molar-refractivity contribution in [2.75, 3.05) is 18.4 Å². The summed E-state index contributed by atoms with van der Waals surface area (Å²) in [5, 5.41) is 30.1. The minimum absolute atomic E-state index is 0.111. The van der Waals surface area contributed by atoms with E-state index in [9.17, 15) is 15.0 Å². The number of hydrogen-bond donors (Lipinski definition) is 4. The third-order valence-electron chi connectivity index (χ3n) is 10.4. The molecular weight excluding hydrogens is 454 g/mol. The summed E-state index contributed by atoms with van der Waals surface area (Å²) in [6, 6.07) is 13.2. The molecule has 7 nitrogen and oxygen atoms in total. The maximum absolute atomic E-state index is 13.2. The Balaban J connectivity index is 1.22. The van der Waals surface area contributed by atoms with Crippen LogP contribution in [-0.4, -0.2) is 63.4 Å². The molecule has 36 heavy (non-hydrogen) atoms. The molecule has 2 saturated carbocycles. The minimum Gasteiger partial charge on any atom is -0.504 e. The van der Waals surface area contributed by atoms with Crippen LogP contribution in [0.2, 0.25) is 0 Å². The molecule has 0 unspecified atom stereocenters. The number of aliphatic hydroxyl groups is 1. The highest BCUT2D eigenvalue weighted by molar-refractivity contribution is 5.91. The first-order valence-electron chi connectivity index (χ1n) is 13.6. The Kier molecular flexibility index (Phi) is 4.19. The first-order valence-corrected chi connectivity index (χ1v) is 13.6. The first-order chi connectivity index (χ1) is 17.4. The molecule has 2 aromatic carbocycles. The van der Waals surface area contributed by atoms with Gasteiger partial charge in [0, 0.05) is 41.8 Å². The summed E-state index contributed by atoms with van der Waals surface area (Å²) in [4.78, 5) is 15.9. The average Bonchev–Trinajstić information content (AvgIpc) is 3.60. The molecule has 188 valence electrons. The van der Waals surface area contributed by atoms with Gasteiger partial charge in [-0.1, -0.05) is 24.3 Å². The van der Waals surface area contributed by atoms with Gasteiger partial charge >= 0.3 is 0 Å². The molecule has 4 heterocycles. The van der Waals surface area contributed by atoms with Gasteiger partial charge in [0.25, 0.3) is 0 Å². The highest BCUT2D eigenvalue weighted by atomic mass is 16.5. The second kappa shape index (κ2) is 7.03. The summed E-state index contributed by atoms with van der Waals surface area (Å²) >= 11 is 0. The number of phenols is 1. The molecule has 5 fully saturated rings. The Morgan fingerprint density at radius 3 is 2.78 bits per heavy atom. The second-order valence-electron chi connectivity index (χ2n) is 12.1. The van der Waals surface area contributed by atoms with E-state index < -0.39 is 23.2 Å². The smallest absolute Gasteiger partial charge is 0.226 e. The van der Waals surface area contributed by atoms with E-state index in [2.05, 4.69) is 21.6 Å². The molecule has 3 saturated heterocycles. The van der Waals surface area contributed by atoms with Crippen molar-refractivity contribution in [3.8, 4) is 11.5 Å². The molecule has 4 aliphatic heterocycles. The van der Waals surface area contributed by atoms with Crippen LogP contribution in [-0.2, 0) is 16.6 Å². The van der Waals surface area contributed by atoms with E-state index in [-0.39, 0.29) is 29.7 Å². The van der Waals surface area contributed by atoms with Gasteiger partial charge in [-0.05, 0) is 74.8 Å². The number of piperidine rings is 3. The van der Waals surface area contributed by atoms with Gasteiger partial charge in [-0.3, -0.25) is 9.69 Å². The van der Waals surface area contributed by atoms with Crippen molar-refractivity contribution in [2.24, 2.45) is 5.92 Å². The van der Waals surface area contributed by atoms with E-state index in [4.69, 9.17) is 4.74 Å². The predicted octanol–water partition coefficient (Wildman–Crippen LogP) is 2.70. The number of phenolic OH excluding ortho intramolecular Hbond substituents is 1.